The summed E-state index contributed by atoms with van der Waals surface area (Å²) in [6, 6.07) is 6.88. The second-order valence-corrected chi connectivity index (χ2v) is 8.34. The van der Waals surface area contributed by atoms with Gasteiger partial charge >= 0.3 is 5.97 Å². The Morgan fingerprint density at radius 1 is 1.29 bits per heavy atom. The summed E-state index contributed by atoms with van der Waals surface area (Å²) in [6.07, 6.45) is 0.781. The highest BCUT2D eigenvalue weighted by atomic mass is 16.5. The summed E-state index contributed by atoms with van der Waals surface area (Å²) in [5, 5.41) is 13.1. The van der Waals surface area contributed by atoms with E-state index in [1.54, 1.807) is 20.0 Å². The monoisotopic (exact) mass is 426 g/mol. The number of H-pyrrole nitrogens is 1. The van der Waals surface area contributed by atoms with Crippen molar-refractivity contribution in [1.82, 2.24) is 19.9 Å². The van der Waals surface area contributed by atoms with Gasteiger partial charge in [0.05, 0.1) is 23.7 Å². The van der Waals surface area contributed by atoms with E-state index in [0.29, 0.717) is 18.7 Å². The predicted molar refractivity (Wildman–Crippen MR) is 120 cm³/mol. The van der Waals surface area contributed by atoms with E-state index >= 15 is 0 Å². The Morgan fingerprint density at radius 3 is 2.68 bits per heavy atom. The lowest BCUT2D eigenvalue weighted by molar-refractivity contribution is -0.150. The lowest BCUT2D eigenvalue weighted by Gasteiger charge is -2.20. The van der Waals surface area contributed by atoms with Gasteiger partial charge in [-0.2, -0.15) is 0 Å². The fourth-order valence-corrected chi connectivity index (χ4v) is 3.36. The highest BCUT2D eigenvalue weighted by molar-refractivity contribution is 5.81. The molecule has 0 radical (unpaired) electrons. The van der Waals surface area contributed by atoms with Gasteiger partial charge in [0.15, 0.2) is 0 Å². The maximum Gasteiger partial charge on any atom is 0.325 e. The molecule has 0 amide bonds. The van der Waals surface area contributed by atoms with Crippen molar-refractivity contribution in [3.05, 3.63) is 51.9 Å². The Kier molecular flexibility index (Phi) is 6.92. The van der Waals surface area contributed by atoms with E-state index in [1.165, 1.54) is 0 Å². The van der Waals surface area contributed by atoms with E-state index in [1.807, 2.05) is 49.7 Å². The molecule has 2 atom stereocenters. The highest BCUT2D eigenvalue weighted by Gasteiger charge is 2.25. The number of hydrogen-bond donors (Lipinski definition) is 3. The molecule has 0 saturated heterocycles. The maximum absolute atomic E-state index is 12.3. The van der Waals surface area contributed by atoms with Crippen LogP contribution >= 0.6 is 0 Å². The molecule has 0 aliphatic rings. The molecule has 0 bridgehead atoms. The van der Waals surface area contributed by atoms with Gasteiger partial charge in [-0.1, -0.05) is 19.9 Å². The van der Waals surface area contributed by atoms with Crippen LogP contribution < -0.4 is 10.9 Å². The number of aromatic amines is 1. The molecule has 31 heavy (non-hydrogen) atoms. The average molecular weight is 427 g/mol. The van der Waals surface area contributed by atoms with Crippen molar-refractivity contribution < 1.29 is 14.6 Å². The zero-order valence-electron chi connectivity index (χ0n) is 18.6. The molecule has 3 rings (SSSR count). The van der Waals surface area contributed by atoms with Crippen molar-refractivity contribution in [2.45, 2.75) is 46.4 Å². The Hall–Kier alpha value is -2.97. The van der Waals surface area contributed by atoms with E-state index in [0.717, 1.165) is 28.0 Å². The van der Waals surface area contributed by atoms with Crippen LogP contribution in [0.5, 0.6) is 0 Å². The van der Waals surface area contributed by atoms with Crippen LogP contribution in [0.15, 0.2) is 35.3 Å². The first-order valence-corrected chi connectivity index (χ1v) is 10.4. The Labute approximate surface area is 181 Å². The standard InChI is InChI=1S/C23H30N4O4/c1-13(2)12-31-23(30)20(15(4)28)24-10-16-6-7-19-18(9-16)26-21(27(19)5)17-8-14(3)22(29)25-11-17/h6-9,11,13,15,20,24,28H,10,12H2,1-5H3,(H,25,29)/t15-,20?/m1/s1. The highest BCUT2D eigenvalue weighted by Crippen LogP contribution is 2.24. The Bertz CT molecular complexity index is 1130. The van der Waals surface area contributed by atoms with Crippen LogP contribution in [0.2, 0.25) is 0 Å². The Morgan fingerprint density at radius 2 is 2.03 bits per heavy atom. The van der Waals surface area contributed by atoms with Gasteiger partial charge in [0.1, 0.15) is 11.9 Å². The second kappa shape index (κ2) is 9.45. The summed E-state index contributed by atoms with van der Waals surface area (Å²) < 4.78 is 7.24. The van der Waals surface area contributed by atoms with Gasteiger partial charge in [-0.25, -0.2) is 4.98 Å². The van der Waals surface area contributed by atoms with Gasteiger partial charge in [0.25, 0.3) is 5.56 Å². The van der Waals surface area contributed by atoms with E-state index in [-0.39, 0.29) is 11.5 Å². The smallest absolute Gasteiger partial charge is 0.325 e. The molecule has 1 aromatic carbocycles. The molecular formula is C23H30N4O4. The SMILES string of the molecule is Cc1cc(-c2nc3cc(CNC(C(=O)OCC(C)C)[C@@H](C)O)ccc3n2C)c[nH]c1=O. The lowest BCUT2D eigenvalue weighted by atomic mass is 10.1. The number of aromatic nitrogens is 3. The van der Waals surface area contributed by atoms with E-state index in [9.17, 15) is 14.7 Å². The third-order valence-electron chi connectivity index (χ3n) is 5.11. The zero-order chi connectivity index (χ0) is 22.7. The van der Waals surface area contributed by atoms with Crippen molar-refractivity contribution in [2.24, 2.45) is 13.0 Å². The summed E-state index contributed by atoms with van der Waals surface area (Å²) in [5.41, 5.74) is 4.02. The van der Waals surface area contributed by atoms with Crippen LogP contribution in [0.25, 0.3) is 22.4 Å². The van der Waals surface area contributed by atoms with Crippen molar-refractivity contribution in [2.75, 3.05) is 6.61 Å². The maximum atomic E-state index is 12.3. The zero-order valence-corrected chi connectivity index (χ0v) is 18.6. The van der Waals surface area contributed by atoms with Crippen LogP contribution in [-0.2, 0) is 23.1 Å². The predicted octanol–water partition coefficient (Wildman–Crippen LogP) is 2.28. The number of nitrogens with zero attached hydrogens (tertiary/aromatic N) is 2. The number of aryl methyl sites for hydroxylation is 2. The quantitative estimate of drug-likeness (QED) is 0.477. The number of hydrogen-bond acceptors (Lipinski definition) is 6. The molecule has 0 saturated carbocycles. The minimum Gasteiger partial charge on any atom is -0.464 e. The number of benzene rings is 1. The molecule has 3 aromatic rings. The number of carbonyl (C=O) groups is 1. The van der Waals surface area contributed by atoms with Crippen LogP contribution in [0.1, 0.15) is 31.9 Å². The van der Waals surface area contributed by atoms with Crippen LogP contribution in [0.4, 0.5) is 0 Å². The lowest BCUT2D eigenvalue weighted by Crippen LogP contribution is -2.45. The molecule has 166 valence electrons. The van der Waals surface area contributed by atoms with E-state index in [2.05, 4.69) is 10.3 Å². The van der Waals surface area contributed by atoms with Crippen molar-refractivity contribution in [3.8, 4) is 11.4 Å². The van der Waals surface area contributed by atoms with Gasteiger partial charge in [0, 0.05) is 30.9 Å². The topological polar surface area (TPSA) is 109 Å². The number of aliphatic hydroxyl groups is 1. The van der Waals surface area contributed by atoms with Crippen LogP contribution in [0, 0.1) is 12.8 Å². The first-order chi connectivity index (χ1) is 14.7. The summed E-state index contributed by atoms with van der Waals surface area (Å²) in [4.78, 5) is 31.4. The van der Waals surface area contributed by atoms with Gasteiger partial charge < -0.3 is 19.4 Å². The van der Waals surface area contributed by atoms with Crippen molar-refractivity contribution >= 4 is 17.0 Å². The molecule has 3 N–H and O–H groups in total. The number of nitrogens with one attached hydrogen (secondary N) is 2. The van der Waals surface area contributed by atoms with Crippen LogP contribution in [0.3, 0.4) is 0 Å². The van der Waals surface area contributed by atoms with Crippen molar-refractivity contribution in [1.29, 1.82) is 0 Å². The number of rotatable bonds is 8. The van der Waals surface area contributed by atoms with Crippen molar-refractivity contribution in [3.63, 3.8) is 0 Å². The molecule has 2 aromatic heterocycles. The molecule has 0 aliphatic carbocycles. The van der Waals surface area contributed by atoms with Gasteiger partial charge in [-0.05, 0) is 43.5 Å². The first-order valence-electron chi connectivity index (χ1n) is 10.4. The fraction of sp³-hybridized carbons (Fsp3) is 0.435. The second-order valence-electron chi connectivity index (χ2n) is 8.34. The number of imidazole rings is 1. The molecule has 0 aliphatic heterocycles. The number of fused-ring (bicyclic) bond motifs is 1. The summed E-state index contributed by atoms with van der Waals surface area (Å²) in [5.74, 6) is 0.516. The molecule has 0 fully saturated rings. The van der Waals surface area contributed by atoms with E-state index < -0.39 is 18.1 Å². The molecule has 2 heterocycles. The fourth-order valence-electron chi connectivity index (χ4n) is 3.36. The molecule has 8 nitrogen and oxygen atoms in total. The summed E-state index contributed by atoms with van der Waals surface area (Å²) >= 11 is 0. The van der Waals surface area contributed by atoms with Gasteiger partial charge in [-0.3, -0.25) is 14.9 Å². The number of aliphatic hydroxyl groups excluding tert-OH is 1. The van der Waals surface area contributed by atoms with Gasteiger partial charge in [-0.15, -0.1) is 0 Å². The number of esters is 1. The normalized spacial score (nSPS) is 13.5. The van der Waals surface area contributed by atoms with Crippen LogP contribution in [-0.4, -0.2) is 44.4 Å². The minimum atomic E-state index is -0.881. The molecule has 1 unspecified atom stereocenters. The average Bonchev–Trinajstić information content (AvgIpc) is 3.04. The largest absolute Gasteiger partial charge is 0.464 e. The summed E-state index contributed by atoms with van der Waals surface area (Å²) in [6.45, 7) is 7.95. The third-order valence-corrected chi connectivity index (χ3v) is 5.11. The molecule has 0 spiro atoms. The Balaban J connectivity index is 1.80. The molecular weight excluding hydrogens is 396 g/mol. The number of pyridine rings is 1. The van der Waals surface area contributed by atoms with Gasteiger partial charge in [0.2, 0.25) is 0 Å². The first kappa shape index (κ1) is 22.7. The number of carbonyl (C=O) groups excluding carboxylic acids is 1. The molecule has 8 heteroatoms. The minimum absolute atomic E-state index is 0.115. The van der Waals surface area contributed by atoms with E-state index in [4.69, 9.17) is 9.72 Å². The third kappa shape index (κ3) is 5.21. The summed E-state index contributed by atoms with van der Waals surface area (Å²) in [7, 11) is 1.93. The number of ether oxygens (including phenoxy) is 1.